The quantitative estimate of drug-likeness (QED) is 0.937. The van der Waals surface area contributed by atoms with Crippen molar-refractivity contribution in [2.24, 2.45) is 0 Å². The molecule has 0 saturated carbocycles. The molecule has 1 aromatic heterocycles. The van der Waals surface area contributed by atoms with E-state index in [9.17, 15) is 5.11 Å². The standard InChI is InChI=1S/C17H20N2O2/c1-19(2)12-6-10-17(20)13-7-3-4-9-15(13)21-16-14(17)8-5-11-18-16/h3-5,7-9,11,20H,6,10,12H2,1-2H3/t17-/m1/s1. The van der Waals surface area contributed by atoms with E-state index in [0.717, 1.165) is 24.1 Å². The van der Waals surface area contributed by atoms with Gasteiger partial charge >= 0.3 is 0 Å². The van der Waals surface area contributed by atoms with Gasteiger partial charge in [-0.25, -0.2) is 4.98 Å². The molecule has 0 saturated heterocycles. The lowest BCUT2D eigenvalue weighted by Crippen LogP contribution is -2.32. The molecule has 0 bridgehead atoms. The summed E-state index contributed by atoms with van der Waals surface area (Å²) in [6.07, 6.45) is 3.23. The Morgan fingerprint density at radius 3 is 2.71 bits per heavy atom. The van der Waals surface area contributed by atoms with Gasteiger partial charge in [0.25, 0.3) is 0 Å². The molecular formula is C17H20N2O2. The molecule has 2 aromatic rings. The van der Waals surface area contributed by atoms with E-state index in [-0.39, 0.29) is 0 Å². The third-order valence-electron chi connectivity index (χ3n) is 3.90. The third-order valence-corrected chi connectivity index (χ3v) is 3.90. The Kier molecular flexibility index (Phi) is 3.66. The smallest absolute Gasteiger partial charge is 0.225 e. The molecule has 3 rings (SSSR count). The van der Waals surface area contributed by atoms with Crippen LogP contribution in [0.5, 0.6) is 11.6 Å². The zero-order chi connectivity index (χ0) is 14.9. The highest BCUT2D eigenvalue weighted by Gasteiger charge is 2.40. The van der Waals surface area contributed by atoms with Crippen molar-refractivity contribution in [2.45, 2.75) is 18.4 Å². The number of benzene rings is 1. The van der Waals surface area contributed by atoms with Crippen LogP contribution in [0.4, 0.5) is 0 Å². The molecule has 0 amide bonds. The topological polar surface area (TPSA) is 45.6 Å². The number of hydrogen-bond acceptors (Lipinski definition) is 4. The molecule has 2 heterocycles. The van der Waals surface area contributed by atoms with Crippen LogP contribution in [-0.2, 0) is 5.60 Å². The van der Waals surface area contributed by atoms with Gasteiger partial charge in [-0.05, 0) is 51.7 Å². The van der Waals surface area contributed by atoms with Gasteiger partial charge in [-0.15, -0.1) is 0 Å². The number of aromatic nitrogens is 1. The van der Waals surface area contributed by atoms with Crippen LogP contribution >= 0.6 is 0 Å². The number of pyridine rings is 1. The molecule has 0 unspecified atom stereocenters. The third kappa shape index (κ3) is 2.52. The largest absolute Gasteiger partial charge is 0.438 e. The summed E-state index contributed by atoms with van der Waals surface area (Å²) in [6, 6.07) is 11.4. The van der Waals surface area contributed by atoms with Crippen LogP contribution in [0.1, 0.15) is 24.0 Å². The predicted octanol–water partition coefficient (Wildman–Crippen LogP) is 2.77. The molecule has 0 radical (unpaired) electrons. The van der Waals surface area contributed by atoms with Crippen LogP contribution in [0.25, 0.3) is 0 Å². The Morgan fingerprint density at radius 1 is 1.14 bits per heavy atom. The van der Waals surface area contributed by atoms with E-state index >= 15 is 0 Å². The lowest BCUT2D eigenvalue weighted by Gasteiger charge is -2.35. The van der Waals surface area contributed by atoms with E-state index in [1.165, 1.54) is 0 Å². The summed E-state index contributed by atoms with van der Waals surface area (Å²) in [7, 11) is 4.08. The average Bonchev–Trinajstić information content (AvgIpc) is 2.47. The first-order valence-electron chi connectivity index (χ1n) is 7.21. The second-order valence-corrected chi connectivity index (χ2v) is 5.72. The van der Waals surface area contributed by atoms with Crippen molar-refractivity contribution in [1.82, 2.24) is 9.88 Å². The minimum absolute atomic E-state index is 0.503. The molecule has 1 atom stereocenters. The van der Waals surface area contributed by atoms with Gasteiger partial charge in [-0.1, -0.05) is 18.2 Å². The summed E-state index contributed by atoms with van der Waals surface area (Å²) in [5, 5.41) is 11.3. The summed E-state index contributed by atoms with van der Waals surface area (Å²) in [4.78, 5) is 6.39. The van der Waals surface area contributed by atoms with Gasteiger partial charge in [-0.3, -0.25) is 0 Å². The minimum atomic E-state index is -1.03. The van der Waals surface area contributed by atoms with Crippen LogP contribution < -0.4 is 4.74 Å². The number of nitrogens with zero attached hydrogens (tertiary/aromatic N) is 2. The van der Waals surface area contributed by atoms with E-state index in [2.05, 4.69) is 9.88 Å². The number of rotatable bonds is 4. The fraction of sp³-hybridized carbons (Fsp3) is 0.353. The SMILES string of the molecule is CN(C)CCC[C@@]1(O)c2ccccc2Oc2ncccc21. The van der Waals surface area contributed by atoms with Crippen molar-refractivity contribution in [3.8, 4) is 11.6 Å². The molecule has 0 fully saturated rings. The van der Waals surface area contributed by atoms with E-state index in [1.54, 1.807) is 6.20 Å². The molecule has 4 heteroatoms. The molecule has 1 aliphatic heterocycles. The van der Waals surface area contributed by atoms with E-state index < -0.39 is 5.60 Å². The Hall–Kier alpha value is -1.91. The Labute approximate surface area is 125 Å². The first kappa shape index (κ1) is 14.0. The van der Waals surface area contributed by atoms with Crippen molar-refractivity contribution in [3.63, 3.8) is 0 Å². The first-order chi connectivity index (χ1) is 10.1. The average molecular weight is 284 g/mol. The Balaban J connectivity index is 2.01. The fourth-order valence-corrected chi connectivity index (χ4v) is 2.85. The second-order valence-electron chi connectivity index (χ2n) is 5.72. The zero-order valence-electron chi connectivity index (χ0n) is 12.4. The van der Waals surface area contributed by atoms with Gasteiger partial charge in [0.15, 0.2) is 0 Å². The molecule has 0 aliphatic carbocycles. The number of para-hydroxylation sites is 1. The molecule has 110 valence electrons. The Bertz CT molecular complexity index is 595. The normalized spacial score (nSPS) is 19.8. The maximum absolute atomic E-state index is 11.3. The summed E-state index contributed by atoms with van der Waals surface area (Å²) in [5.74, 6) is 1.19. The number of ether oxygens (including phenoxy) is 1. The maximum atomic E-state index is 11.3. The van der Waals surface area contributed by atoms with E-state index in [1.807, 2.05) is 50.5 Å². The molecule has 21 heavy (non-hydrogen) atoms. The first-order valence-corrected chi connectivity index (χ1v) is 7.21. The lowest BCUT2D eigenvalue weighted by atomic mass is 9.81. The number of aliphatic hydroxyl groups is 1. The summed E-state index contributed by atoms with van der Waals surface area (Å²) in [5.41, 5.74) is 0.542. The van der Waals surface area contributed by atoms with Gasteiger partial charge in [0.05, 0.1) is 5.56 Å². The monoisotopic (exact) mass is 284 g/mol. The second kappa shape index (κ2) is 5.47. The highest BCUT2D eigenvalue weighted by molar-refractivity contribution is 5.53. The summed E-state index contributed by atoms with van der Waals surface area (Å²) in [6.45, 7) is 0.931. The van der Waals surface area contributed by atoms with Crippen LogP contribution in [-0.4, -0.2) is 35.6 Å². The zero-order valence-corrected chi connectivity index (χ0v) is 12.4. The minimum Gasteiger partial charge on any atom is -0.438 e. The van der Waals surface area contributed by atoms with E-state index in [4.69, 9.17) is 4.74 Å². The van der Waals surface area contributed by atoms with Gasteiger partial charge in [0, 0.05) is 11.8 Å². The van der Waals surface area contributed by atoms with Gasteiger partial charge in [0.2, 0.25) is 5.88 Å². The maximum Gasteiger partial charge on any atom is 0.225 e. The summed E-state index contributed by atoms with van der Waals surface area (Å²) < 4.78 is 5.82. The molecular weight excluding hydrogens is 264 g/mol. The molecule has 0 spiro atoms. The Morgan fingerprint density at radius 2 is 1.90 bits per heavy atom. The van der Waals surface area contributed by atoms with Crippen molar-refractivity contribution in [2.75, 3.05) is 20.6 Å². The highest BCUT2D eigenvalue weighted by Crippen LogP contribution is 2.47. The predicted molar refractivity (Wildman–Crippen MR) is 81.5 cm³/mol. The molecule has 4 nitrogen and oxygen atoms in total. The van der Waals surface area contributed by atoms with Crippen molar-refractivity contribution >= 4 is 0 Å². The number of fused-ring (bicyclic) bond motifs is 2. The van der Waals surface area contributed by atoms with Crippen LogP contribution in [0, 0.1) is 0 Å². The van der Waals surface area contributed by atoms with Gasteiger partial charge in [0.1, 0.15) is 11.4 Å². The van der Waals surface area contributed by atoms with Crippen LogP contribution in [0.3, 0.4) is 0 Å². The fourth-order valence-electron chi connectivity index (χ4n) is 2.85. The molecule has 1 aromatic carbocycles. The van der Waals surface area contributed by atoms with Crippen LogP contribution in [0.15, 0.2) is 42.6 Å². The lowest BCUT2D eigenvalue weighted by molar-refractivity contribution is 0.0551. The highest BCUT2D eigenvalue weighted by atomic mass is 16.5. The van der Waals surface area contributed by atoms with Gasteiger partial charge < -0.3 is 14.7 Å². The number of hydrogen-bond donors (Lipinski definition) is 1. The van der Waals surface area contributed by atoms with E-state index in [0.29, 0.717) is 18.1 Å². The van der Waals surface area contributed by atoms with Crippen molar-refractivity contribution < 1.29 is 9.84 Å². The summed E-state index contributed by atoms with van der Waals surface area (Å²) >= 11 is 0. The molecule has 1 N–H and O–H groups in total. The van der Waals surface area contributed by atoms with Crippen molar-refractivity contribution in [3.05, 3.63) is 53.7 Å². The van der Waals surface area contributed by atoms with Gasteiger partial charge in [-0.2, -0.15) is 0 Å². The van der Waals surface area contributed by atoms with Crippen molar-refractivity contribution in [1.29, 1.82) is 0 Å². The van der Waals surface area contributed by atoms with Crippen LogP contribution in [0.2, 0.25) is 0 Å². The molecule has 1 aliphatic rings.